The number of rotatable bonds is 6. The number of carbonyl (C=O) groups is 1. The van der Waals surface area contributed by atoms with Gasteiger partial charge < -0.3 is 14.8 Å². The molecule has 1 aromatic rings. The minimum absolute atomic E-state index is 0.300. The molecule has 20 heavy (non-hydrogen) atoms. The first-order valence-corrected chi connectivity index (χ1v) is 7.77. The van der Waals surface area contributed by atoms with Crippen molar-refractivity contribution in [2.45, 2.75) is 53.1 Å². The number of hydrogen-bond acceptors (Lipinski definition) is 2. The Labute approximate surface area is 122 Å². The molecule has 112 valence electrons. The number of aromatic nitrogens is 1. The molecule has 4 heteroatoms. The number of amides is 1. The lowest BCUT2D eigenvalue weighted by Gasteiger charge is -2.15. The van der Waals surface area contributed by atoms with E-state index in [9.17, 15) is 4.79 Å². The van der Waals surface area contributed by atoms with Crippen molar-refractivity contribution in [2.75, 3.05) is 19.6 Å². The van der Waals surface area contributed by atoms with Gasteiger partial charge in [0.05, 0.1) is 0 Å². The number of hydrogen-bond donors (Lipinski definition) is 1. The van der Waals surface area contributed by atoms with E-state index in [1.165, 1.54) is 29.8 Å². The summed E-state index contributed by atoms with van der Waals surface area (Å²) in [6.45, 7) is 11.0. The summed E-state index contributed by atoms with van der Waals surface area (Å²) in [5, 5.41) is 3.40. The van der Waals surface area contributed by atoms with Crippen LogP contribution in [0, 0.1) is 13.8 Å². The van der Waals surface area contributed by atoms with E-state index in [0.29, 0.717) is 12.3 Å². The molecule has 1 N–H and O–H groups in total. The quantitative estimate of drug-likeness (QED) is 0.810. The molecule has 1 aromatic heterocycles. The summed E-state index contributed by atoms with van der Waals surface area (Å²) in [6.07, 6.45) is 2.96. The summed E-state index contributed by atoms with van der Waals surface area (Å²) in [5.41, 5.74) is 4.00. The topological polar surface area (TPSA) is 37.3 Å². The SMILES string of the molecule is CCn1c(C)cc(CNCCC(=O)N2CCCC2)c1C. The van der Waals surface area contributed by atoms with Crippen LogP contribution in [0.3, 0.4) is 0 Å². The normalized spacial score (nSPS) is 15.1. The van der Waals surface area contributed by atoms with Gasteiger partial charge in [0.1, 0.15) is 0 Å². The molecular formula is C16H27N3O. The molecule has 0 bridgehead atoms. The predicted molar refractivity (Wildman–Crippen MR) is 81.7 cm³/mol. The van der Waals surface area contributed by atoms with Gasteiger partial charge in [0.25, 0.3) is 0 Å². The van der Waals surface area contributed by atoms with E-state index in [4.69, 9.17) is 0 Å². The van der Waals surface area contributed by atoms with E-state index in [2.05, 4.69) is 36.7 Å². The lowest BCUT2D eigenvalue weighted by atomic mass is 10.2. The minimum Gasteiger partial charge on any atom is -0.349 e. The molecule has 0 radical (unpaired) electrons. The lowest BCUT2D eigenvalue weighted by molar-refractivity contribution is -0.130. The van der Waals surface area contributed by atoms with Gasteiger partial charge in [-0.2, -0.15) is 0 Å². The maximum absolute atomic E-state index is 11.9. The van der Waals surface area contributed by atoms with Crippen molar-refractivity contribution in [3.63, 3.8) is 0 Å². The Morgan fingerprint density at radius 2 is 2.00 bits per heavy atom. The van der Waals surface area contributed by atoms with Gasteiger partial charge in [-0.25, -0.2) is 0 Å². The van der Waals surface area contributed by atoms with Gasteiger partial charge in [0, 0.05) is 50.5 Å². The monoisotopic (exact) mass is 277 g/mol. The average Bonchev–Trinajstić information content (AvgIpc) is 3.04. The Morgan fingerprint density at radius 1 is 1.30 bits per heavy atom. The van der Waals surface area contributed by atoms with E-state index in [1.807, 2.05) is 4.90 Å². The van der Waals surface area contributed by atoms with Gasteiger partial charge in [0.15, 0.2) is 0 Å². The van der Waals surface area contributed by atoms with E-state index in [1.54, 1.807) is 0 Å². The highest BCUT2D eigenvalue weighted by Crippen LogP contribution is 2.14. The molecule has 2 heterocycles. The van der Waals surface area contributed by atoms with Crippen molar-refractivity contribution < 1.29 is 4.79 Å². The predicted octanol–water partition coefficient (Wildman–Crippen LogP) is 2.23. The first-order chi connectivity index (χ1) is 9.63. The van der Waals surface area contributed by atoms with E-state index in [-0.39, 0.29) is 0 Å². The molecular weight excluding hydrogens is 250 g/mol. The maximum atomic E-state index is 11.9. The average molecular weight is 277 g/mol. The molecule has 1 aliphatic rings. The third kappa shape index (κ3) is 3.42. The molecule has 0 spiro atoms. The van der Waals surface area contributed by atoms with Crippen molar-refractivity contribution in [1.29, 1.82) is 0 Å². The molecule has 0 aliphatic carbocycles. The summed E-state index contributed by atoms with van der Waals surface area (Å²) in [5.74, 6) is 0.300. The van der Waals surface area contributed by atoms with Crippen LogP contribution in [0.4, 0.5) is 0 Å². The highest BCUT2D eigenvalue weighted by atomic mass is 16.2. The zero-order valence-electron chi connectivity index (χ0n) is 13.0. The zero-order chi connectivity index (χ0) is 14.5. The highest BCUT2D eigenvalue weighted by Gasteiger charge is 2.17. The Morgan fingerprint density at radius 3 is 2.60 bits per heavy atom. The van der Waals surface area contributed by atoms with Crippen molar-refractivity contribution in [2.24, 2.45) is 0 Å². The van der Waals surface area contributed by atoms with E-state index in [0.717, 1.165) is 32.7 Å². The third-order valence-electron chi connectivity index (χ3n) is 4.28. The van der Waals surface area contributed by atoms with Crippen LogP contribution in [0.15, 0.2) is 6.07 Å². The van der Waals surface area contributed by atoms with Crippen LogP contribution in [0.5, 0.6) is 0 Å². The summed E-state index contributed by atoms with van der Waals surface area (Å²) < 4.78 is 2.33. The molecule has 1 fully saturated rings. The molecule has 0 unspecified atom stereocenters. The lowest BCUT2D eigenvalue weighted by Crippen LogP contribution is -2.30. The van der Waals surface area contributed by atoms with Crippen molar-refractivity contribution in [3.05, 3.63) is 23.0 Å². The van der Waals surface area contributed by atoms with Crippen molar-refractivity contribution >= 4 is 5.91 Å². The highest BCUT2D eigenvalue weighted by molar-refractivity contribution is 5.76. The fourth-order valence-electron chi connectivity index (χ4n) is 3.08. The van der Waals surface area contributed by atoms with Crippen LogP contribution in [-0.2, 0) is 17.9 Å². The minimum atomic E-state index is 0.300. The number of carbonyl (C=O) groups excluding carboxylic acids is 1. The molecule has 1 saturated heterocycles. The second-order valence-corrected chi connectivity index (χ2v) is 5.66. The Hall–Kier alpha value is -1.29. The summed E-state index contributed by atoms with van der Waals surface area (Å²) >= 11 is 0. The standard InChI is InChI=1S/C16H27N3O/c1-4-19-13(2)11-15(14(19)3)12-17-8-7-16(20)18-9-5-6-10-18/h11,17H,4-10,12H2,1-3H3. The fraction of sp³-hybridized carbons (Fsp3) is 0.688. The largest absolute Gasteiger partial charge is 0.349 e. The molecule has 2 rings (SSSR count). The second-order valence-electron chi connectivity index (χ2n) is 5.66. The van der Waals surface area contributed by atoms with Gasteiger partial charge in [-0.15, -0.1) is 0 Å². The van der Waals surface area contributed by atoms with Crippen LogP contribution in [0.1, 0.15) is 43.1 Å². The zero-order valence-corrected chi connectivity index (χ0v) is 13.0. The van der Waals surface area contributed by atoms with Gasteiger partial charge in [-0.1, -0.05) is 0 Å². The number of nitrogens with zero attached hydrogens (tertiary/aromatic N) is 2. The van der Waals surface area contributed by atoms with E-state index >= 15 is 0 Å². The van der Waals surface area contributed by atoms with Gasteiger partial charge in [0.2, 0.25) is 5.91 Å². The molecule has 4 nitrogen and oxygen atoms in total. The fourth-order valence-corrected chi connectivity index (χ4v) is 3.08. The molecule has 1 amide bonds. The van der Waals surface area contributed by atoms with Crippen LogP contribution in [0.2, 0.25) is 0 Å². The number of aryl methyl sites for hydroxylation is 1. The Bertz CT molecular complexity index is 459. The van der Waals surface area contributed by atoms with Gasteiger partial charge in [-0.05, 0) is 45.2 Å². The van der Waals surface area contributed by atoms with Crippen molar-refractivity contribution in [3.8, 4) is 0 Å². The third-order valence-corrected chi connectivity index (χ3v) is 4.28. The van der Waals surface area contributed by atoms with Crippen LogP contribution < -0.4 is 5.32 Å². The Balaban J connectivity index is 1.74. The smallest absolute Gasteiger partial charge is 0.223 e. The van der Waals surface area contributed by atoms with Crippen LogP contribution in [0.25, 0.3) is 0 Å². The maximum Gasteiger partial charge on any atom is 0.223 e. The van der Waals surface area contributed by atoms with Crippen molar-refractivity contribution in [1.82, 2.24) is 14.8 Å². The summed E-state index contributed by atoms with van der Waals surface area (Å²) in [4.78, 5) is 13.9. The first kappa shape index (κ1) is 15.1. The number of nitrogens with one attached hydrogen (secondary N) is 1. The molecule has 1 aliphatic heterocycles. The molecule has 0 aromatic carbocycles. The summed E-state index contributed by atoms with van der Waals surface area (Å²) in [7, 11) is 0. The van der Waals surface area contributed by atoms with Gasteiger partial charge >= 0.3 is 0 Å². The second kappa shape index (κ2) is 6.93. The first-order valence-electron chi connectivity index (χ1n) is 7.77. The Kier molecular flexibility index (Phi) is 5.24. The number of likely N-dealkylation sites (tertiary alicyclic amines) is 1. The van der Waals surface area contributed by atoms with Crippen LogP contribution >= 0.6 is 0 Å². The van der Waals surface area contributed by atoms with E-state index < -0.39 is 0 Å². The van der Waals surface area contributed by atoms with Gasteiger partial charge in [-0.3, -0.25) is 4.79 Å². The van der Waals surface area contributed by atoms with Crippen LogP contribution in [-0.4, -0.2) is 35.0 Å². The summed E-state index contributed by atoms with van der Waals surface area (Å²) in [6, 6.07) is 2.24. The molecule has 0 saturated carbocycles. The molecule has 0 atom stereocenters.